The largest absolute Gasteiger partial charge is 0.322 e. The summed E-state index contributed by atoms with van der Waals surface area (Å²) in [5, 5.41) is 2.15. The minimum Gasteiger partial charge on any atom is -0.322 e. The second-order valence-corrected chi connectivity index (χ2v) is 7.77. The molecule has 1 aliphatic heterocycles. The predicted molar refractivity (Wildman–Crippen MR) is 85.6 cm³/mol. The zero-order valence-electron chi connectivity index (χ0n) is 11.4. The van der Waals surface area contributed by atoms with E-state index in [0.29, 0.717) is 0 Å². The van der Waals surface area contributed by atoms with Gasteiger partial charge in [-0.15, -0.1) is 11.3 Å². The molecule has 1 atom stereocenters. The smallest absolute Gasteiger partial charge is 0.0588 e. The van der Waals surface area contributed by atoms with Crippen LogP contribution in [0.15, 0.2) is 15.9 Å². The van der Waals surface area contributed by atoms with E-state index < -0.39 is 0 Å². The fourth-order valence-corrected chi connectivity index (χ4v) is 5.65. The molecule has 3 rings (SSSR count). The Morgan fingerprint density at radius 3 is 2.42 bits per heavy atom. The Balaban J connectivity index is 1.89. The molecule has 1 aliphatic carbocycles. The van der Waals surface area contributed by atoms with Gasteiger partial charge in [-0.2, -0.15) is 0 Å². The molecule has 1 saturated heterocycles. The van der Waals surface area contributed by atoms with Crippen LogP contribution in [-0.2, 0) is 0 Å². The van der Waals surface area contributed by atoms with E-state index in [1.165, 1.54) is 67.4 Å². The summed E-state index contributed by atoms with van der Waals surface area (Å²) in [5.41, 5.74) is 6.98. The Kier molecular flexibility index (Phi) is 4.32. The highest BCUT2D eigenvalue weighted by Gasteiger charge is 2.45. The Morgan fingerprint density at radius 1 is 1.16 bits per heavy atom. The molecule has 0 aromatic carbocycles. The summed E-state index contributed by atoms with van der Waals surface area (Å²) in [6.07, 6.45) is 9.32. The first-order chi connectivity index (χ1) is 9.24. The van der Waals surface area contributed by atoms with Gasteiger partial charge in [0.05, 0.1) is 6.04 Å². The number of thiophene rings is 1. The molecule has 2 heterocycles. The number of piperidine rings is 1. The molecule has 4 heteroatoms. The summed E-state index contributed by atoms with van der Waals surface area (Å²) in [4.78, 5) is 4.06. The first-order valence-corrected chi connectivity index (χ1v) is 9.15. The van der Waals surface area contributed by atoms with Gasteiger partial charge in [0.2, 0.25) is 0 Å². The van der Waals surface area contributed by atoms with Crippen molar-refractivity contribution in [3.8, 4) is 0 Å². The predicted octanol–water partition coefficient (Wildman–Crippen LogP) is 4.31. The number of nitrogens with two attached hydrogens (primary N) is 1. The summed E-state index contributed by atoms with van der Waals surface area (Å²) in [6.45, 7) is 2.49. The molecule has 2 fully saturated rings. The number of hydrogen-bond donors (Lipinski definition) is 1. The van der Waals surface area contributed by atoms with E-state index in [0.717, 1.165) is 0 Å². The molecule has 1 aromatic rings. The summed E-state index contributed by atoms with van der Waals surface area (Å²) in [6, 6.07) is 2.31. The molecule has 1 unspecified atom stereocenters. The van der Waals surface area contributed by atoms with Crippen molar-refractivity contribution in [3.05, 3.63) is 20.8 Å². The highest BCUT2D eigenvalue weighted by atomic mass is 79.9. The lowest BCUT2D eigenvalue weighted by atomic mass is 9.84. The summed E-state index contributed by atoms with van der Waals surface area (Å²) in [5.74, 6) is 0. The first kappa shape index (κ1) is 14.1. The summed E-state index contributed by atoms with van der Waals surface area (Å²) >= 11 is 5.48. The van der Waals surface area contributed by atoms with Crippen LogP contribution in [0.5, 0.6) is 0 Å². The lowest BCUT2D eigenvalue weighted by molar-refractivity contribution is 0.0486. The molecule has 1 saturated carbocycles. The van der Waals surface area contributed by atoms with Crippen molar-refractivity contribution >= 4 is 27.3 Å². The van der Waals surface area contributed by atoms with Gasteiger partial charge in [-0.3, -0.25) is 4.90 Å². The van der Waals surface area contributed by atoms with E-state index in [-0.39, 0.29) is 11.6 Å². The Hall–Kier alpha value is 0.1000. The molecule has 0 radical (unpaired) electrons. The molecular formula is C15H23BrN2S. The summed E-state index contributed by atoms with van der Waals surface area (Å²) in [7, 11) is 0. The van der Waals surface area contributed by atoms with Gasteiger partial charge in [-0.1, -0.05) is 19.3 Å². The first-order valence-electron chi connectivity index (χ1n) is 7.47. The number of rotatable bonds is 3. The van der Waals surface area contributed by atoms with E-state index in [9.17, 15) is 0 Å². The minimum absolute atomic E-state index is 0.169. The minimum atomic E-state index is 0.169. The fourth-order valence-electron chi connectivity index (χ4n) is 3.92. The SMILES string of the molecule is NC(c1sccc1Br)C1(N2CCCCC2)CCCC1. The third-order valence-electron chi connectivity index (χ3n) is 4.96. The van der Waals surface area contributed by atoms with Crippen LogP contribution in [0.1, 0.15) is 55.9 Å². The van der Waals surface area contributed by atoms with Gasteiger partial charge in [0.25, 0.3) is 0 Å². The van der Waals surface area contributed by atoms with Crippen LogP contribution >= 0.6 is 27.3 Å². The van der Waals surface area contributed by atoms with Crippen LogP contribution in [-0.4, -0.2) is 23.5 Å². The maximum Gasteiger partial charge on any atom is 0.0588 e. The van der Waals surface area contributed by atoms with Gasteiger partial charge in [0, 0.05) is 14.9 Å². The van der Waals surface area contributed by atoms with Crippen molar-refractivity contribution in [2.24, 2.45) is 5.73 Å². The Labute approximate surface area is 128 Å². The average Bonchev–Trinajstić information content (AvgIpc) is 3.08. The standard InChI is InChI=1S/C15H23BrN2S/c16-12-6-11-19-13(12)14(17)15(7-2-3-8-15)18-9-4-1-5-10-18/h6,11,14H,1-5,7-10,17H2. The van der Waals surface area contributed by atoms with Crippen LogP contribution < -0.4 is 5.73 Å². The zero-order valence-corrected chi connectivity index (χ0v) is 13.8. The van der Waals surface area contributed by atoms with Crippen LogP contribution in [0, 0.1) is 0 Å². The highest BCUT2D eigenvalue weighted by molar-refractivity contribution is 9.10. The van der Waals surface area contributed by atoms with E-state index >= 15 is 0 Å². The molecular weight excluding hydrogens is 320 g/mol. The number of likely N-dealkylation sites (tertiary alicyclic amines) is 1. The van der Waals surface area contributed by atoms with Crippen molar-refractivity contribution in [3.63, 3.8) is 0 Å². The van der Waals surface area contributed by atoms with Gasteiger partial charge < -0.3 is 5.73 Å². The third kappa shape index (κ3) is 2.53. The number of nitrogens with zero attached hydrogens (tertiary/aromatic N) is 1. The molecule has 0 bridgehead atoms. The van der Waals surface area contributed by atoms with Crippen molar-refractivity contribution in [1.29, 1.82) is 0 Å². The van der Waals surface area contributed by atoms with E-state index in [1.54, 1.807) is 0 Å². The van der Waals surface area contributed by atoms with Gasteiger partial charge >= 0.3 is 0 Å². The molecule has 2 N–H and O–H groups in total. The van der Waals surface area contributed by atoms with Crippen LogP contribution in [0.3, 0.4) is 0 Å². The fraction of sp³-hybridized carbons (Fsp3) is 0.733. The van der Waals surface area contributed by atoms with Crippen LogP contribution in [0.4, 0.5) is 0 Å². The van der Waals surface area contributed by atoms with Crippen molar-refractivity contribution in [2.45, 2.75) is 56.5 Å². The van der Waals surface area contributed by atoms with Gasteiger partial charge in [-0.25, -0.2) is 0 Å². The van der Waals surface area contributed by atoms with E-state index in [4.69, 9.17) is 5.73 Å². The average molecular weight is 343 g/mol. The maximum atomic E-state index is 6.75. The molecule has 0 amide bonds. The quantitative estimate of drug-likeness (QED) is 0.886. The second-order valence-electron chi connectivity index (χ2n) is 5.97. The third-order valence-corrected chi connectivity index (χ3v) is 6.92. The zero-order chi connectivity index (χ0) is 13.3. The van der Waals surface area contributed by atoms with Gasteiger partial charge in [0.15, 0.2) is 0 Å². The number of halogens is 1. The van der Waals surface area contributed by atoms with Crippen molar-refractivity contribution in [1.82, 2.24) is 4.90 Å². The van der Waals surface area contributed by atoms with Crippen LogP contribution in [0.2, 0.25) is 0 Å². The second kappa shape index (κ2) is 5.84. The van der Waals surface area contributed by atoms with Crippen molar-refractivity contribution < 1.29 is 0 Å². The summed E-state index contributed by atoms with van der Waals surface area (Å²) < 4.78 is 1.20. The van der Waals surface area contributed by atoms with Gasteiger partial charge in [-0.05, 0) is 66.1 Å². The molecule has 106 valence electrons. The molecule has 1 aromatic heterocycles. The Morgan fingerprint density at radius 2 is 1.84 bits per heavy atom. The normalized spacial score (nSPS) is 25.6. The molecule has 2 nitrogen and oxygen atoms in total. The maximum absolute atomic E-state index is 6.75. The van der Waals surface area contributed by atoms with Crippen molar-refractivity contribution in [2.75, 3.05) is 13.1 Å². The van der Waals surface area contributed by atoms with Crippen LogP contribution in [0.25, 0.3) is 0 Å². The molecule has 0 spiro atoms. The molecule has 2 aliphatic rings. The topological polar surface area (TPSA) is 29.3 Å². The lowest BCUT2D eigenvalue weighted by Crippen LogP contribution is -2.55. The monoisotopic (exact) mass is 342 g/mol. The van der Waals surface area contributed by atoms with Gasteiger partial charge in [0.1, 0.15) is 0 Å². The Bertz CT molecular complexity index is 420. The molecule has 19 heavy (non-hydrogen) atoms. The number of hydrogen-bond acceptors (Lipinski definition) is 3. The highest BCUT2D eigenvalue weighted by Crippen LogP contribution is 2.46. The lowest BCUT2D eigenvalue weighted by Gasteiger charge is -2.47. The van der Waals surface area contributed by atoms with E-state index in [2.05, 4.69) is 32.3 Å². The van der Waals surface area contributed by atoms with E-state index in [1.807, 2.05) is 11.3 Å².